The fourth-order valence-electron chi connectivity index (χ4n) is 3.07. The lowest BCUT2D eigenvalue weighted by Gasteiger charge is -2.05. The van der Waals surface area contributed by atoms with Gasteiger partial charge in [-0.3, -0.25) is 10.1 Å². The Morgan fingerprint density at radius 2 is 1.97 bits per heavy atom. The smallest absolute Gasteiger partial charge is 0.268 e. The van der Waals surface area contributed by atoms with E-state index in [9.17, 15) is 4.79 Å². The number of amides is 1. The highest BCUT2D eigenvalue weighted by Crippen LogP contribution is 2.35. The van der Waals surface area contributed by atoms with Crippen LogP contribution in [0.15, 0.2) is 66.3 Å². The van der Waals surface area contributed by atoms with E-state index in [1.165, 1.54) is 11.3 Å². The maximum absolute atomic E-state index is 12.5. The number of nitrogens with one attached hydrogen (secondary N) is 1. The van der Waals surface area contributed by atoms with Crippen LogP contribution in [0.25, 0.3) is 0 Å². The molecule has 2 aromatic carbocycles. The van der Waals surface area contributed by atoms with Crippen LogP contribution in [-0.4, -0.2) is 27.5 Å². The third kappa shape index (κ3) is 4.51. The van der Waals surface area contributed by atoms with Gasteiger partial charge in [0, 0.05) is 11.6 Å². The minimum absolute atomic E-state index is 0.223. The SMILES string of the molecule is O=C(Nc1ncn(Cc2ccccc2)n1)c1cc(COc2ccc3c(c2)OCO3)cs1. The maximum Gasteiger partial charge on any atom is 0.268 e. The average Bonchev–Trinajstić information content (AvgIpc) is 3.54. The third-order valence-corrected chi connectivity index (χ3v) is 5.55. The molecule has 1 aliphatic rings. The number of benzene rings is 2. The summed E-state index contributed by atoms with van der Waals surface area (Å²) in [5, 5.41) is 8.94. The van der Waals surface area contributed by atoms with E-state index in [0.29, 0.717) is 35.3 Å². The summed E-state index contributed by atoms with van der Waals surface area (Å²) in [4.78, 5) is 17.3. The van der Waals surface area contributed by atoms with E-state index in [2.05, 4.69) is 15.4 Å². The Morgan fingerprint density at radius 3 is 2.87 bits per heavy atom. The van der Waals surface area contributed by atoms with Gasteiger partial charge in [0.1, 0.15) is 18.7 Å². The predicted octanol–water partition coefficient (Wildman–Crippen LogP) is 3.95. The minimum Gasteiger partial charge on any atom is -0.489 e. The van der Waals surface area contributed by atoms with Gasteiger partial charge in [-0.05, 0) is 29.1 Å². The third-order valence-electron chi connectivity index (χ3n) is 4.58. The molecule has 0 spiro atoms. The molecule has 156 valence electrons. The largest absolute Gasteiger partial charge is 0.489 e. The molecule has 0 unspecified atom stereocenters. The molecule has 1 aliphatic heterocycles. The lowest BCUT2D eigenvalue weighted by molar-refractivity contribution is 0.102. The molecule has 3 heterocycles. The molecule has 0 bridgehead atoms. The molecule has 31 heavy (non-hydrogen) atoms. The van der Waals surface area contributed by atoms with Crippen LogP contribution in [0.2, 0.25) is 0 Å². The summed E-state index contributed by atoms with van der Waals surface area (Å²) in [5.41, 5.74) is 2.01. The molecule has 0 saturated heterocycles. The Hall–Kier alpha value is -3.85. The van der Waals surface area contributed by atoms with Crippen molar-refractivity contribution in [3.05, 3.63) is 82.3 Å². The van der Waals surface area contributed by atoms with Gasteiger partial charge >= 0.3 is 0 Å². The number of aromatic nitrogens is 3. The van der Waals surface area contributed by atoms with E-state index in [-0.39, 0.29) is 18.6 Å². The van der Waals surface area contributed by atoms with Crippen LogP contribution in [0, 0.1) is 0 Å². The zero-order valence-electron chi connectivity index (χ0n) is 16.4. The Labute approximate surface area is 182 Å². The van der Waals surface area contributed by atoms with Gasteiger partial charge < -0.3 is 14.2 Å². The van der Waals surface area contributed by atoms with Crippen LogP contribution < -0.4 is 19.5 Å². The molecule has 9 heteroatoms. The molecule has 5 rings (SSSR count). The summed E-state index contributed by atoms with van der Waals surface area (Å²) in [7, 11) is 0. The lowest BCUT2D eigenvalue weighted by atomic mass is 10.2. The zero-order valence-corrected chi connectivity index (χ0v) is 17.2. The van der Waals surface area contributed by atoms with Gasteiger partial charge in [-0.25, -0.2) is 9.67 Å². The summed E-state index contributed by atoms with van der Waals surface area (Å²) in [5.74, 6) is 2.07. The Kier molecular flexibility index (Phi) is 5.24. The number of hydrogen-bond acceptors (Lipinski definition) is 7. The zero-order chi connectivity index (χ0) is 21.0. The summed E-state index contributed by atoms with van der Waals surface area (Å²) in [6.07, 6.45) is 1.60. The lowest BCUT2D eigenvalue weighted by Crippen LogP contribution is -2.12. The first kappa shape index (κ1) is 19.1. The highest BCUT2D eigenvalue weighted by atomic mass is 32.1. The average molecular weight is 434 g/mol. The van der Waals surface area contributed by atoms with Gasteiger partial charge in [-0.1, -0.05) is 30.3 Å². The number of fused-ring (bicyclic) bond motifs is 1. The van der Waals surface area contributed by atoms with Crippen LogP contribution in [0.1, 0.15) is 20.8 Å². The van der Waals surface area contributed by atoms with Crippen LogP contribution >= 0.6 is 11.3 Å². The summed E-state index contributed by atoms with van der Waals surface area (Å²) >= 11 is 1.34. The summed E-state index contributed by atoms with van der Waals surface area (Å²) < 4.78 is 18.1. The highest BCUT2D eigenvalue weighted by molar-refractivity contribution is 7.12. The van der Waals surface area contributed by atoms with Crippen molar-refractivity contribution in [1.29, 1.82) is 0 Å². The van der Waals surface area contributed by atoms with Gasteiger partial charge in [-0.15, -0.1) is 16.4 Å². The normalized spacial score (nSPS) is 12.0. The first-order chi connectivity index (χ1) is 15.2. The number of thiophene rings is 1. The molecule has 0 radical (unpaired) electrons. The molecule has 0 atom stereocenters. The fraction of sp³-hybridized carbons (Fsp3) is 0.136. The maximum atomic E-state index is 12.5. The van der Waals surface area contributed by atoms with Crippen molar-refractivity contribution in [3.63, 3.8) is 0 Å². The second-order valence-corrected chi connectivity index (χ2v) is 7.74. The molecule has 0 saturated carbocycles. The topological polar surface area (TPSA) is 87.5 Å². The molecule has 1 amide bonds. The van der Waals surface area contributed by atoms with E-state index in [4.69, 9.17) is 14.2 Å². The van der Waals surface area contributed by atoms with Crippen LogP contribution in [0.3, 0.4) is 0 Å². The second kappa shape index (κ2) is 8.49. The van der Waals surface area contributed by atoms with E-state index in [0.717, 1.165) is 11.1 Å². The minimum atomic E-state index is -0.253. The van der Waals surface area contributed by atoms with Crippen molar-refractivity contribution in [2.45, 2.75) is 13.2 Å². The van der Waals surface area contributed by atoms with Crippen molar-refractivity contribution in [2.24, 2.45) is 0 Å². The highest BCUT2D eigenvalue weighted by Gasteiger charge is 2.15. The van der Waals surface area contributed by atoms with Gasteiger partial charge in [0.25, 0.3) is 5.91 Å². The van der Waals surface area contributed by atoms with Crippen LogP contribution in [0.5, 0.6) is 17.2 Å². The molecule has 8 nitrogen and oxygen atoms in total. The van der Waals surface area contributed by atoms with Gasteiger partial charge in [0.15, 0.2) is 11.5 Å². The molecule has 1 N–H and O–H groups in total. The monoisotopic (exact) mass is 434 g/mol. The number of rotatable bonds is 7. The molecular formula is C22H18N4O4S. The van der Waals surface area contributed by atoms with Crippen LogP contribution in [0.4, 0.5) is 5.95 Å². The fourth-order valence-corrected chi connectivity index (χ4v) is 3.86. The van der Waals surface area contributed by atoms with Gasteiger partial charge in [0.05, 0.1) is 11.4 Å². The van der Waals surface area contributed by atoms with Gasteiger partial charge in [0.2, 0.25) is 12.7 Å². The molecule has 2 aromatic heterocycles. The van der Waals surface area contributed by atoms with E-state index < -0.39 is 0 Å². The number of carbonyl (C=O) groups excluding carboxylic acids is 1. The Morgan fingerprint density at radius 1 is 1.10 bits per heavy atom. The number of hydrogen-bond donors (Lipinski definition) is 1. The van der Waals surface area contributed by atoms with E-state index >= 15 is 0 Å². The Balaban J connectivity index is 1.17. The van der Waals surface area contributed by atoms with E-state index in [1.807, 2.05) is 47.8 Å². The molecular weight excluding hydrogens is 416 g/mol. The number of anilines is 1. The summed E-state index contributed by atoms with van der Waals surface area (Å²) in [6.45, 7) is 1.15. The van der Waals surface area contributed by atoms with Gasteiger partial charge in [-0.2, -0.15) is 0 Å². The second-order valence-electron chi connectivity index (χ2n) is 6.83. The molecule has 4 aromatic rings. The number of ether oxygens (including phenoxy) is 3. The number of carbonyl (C=O) groups is 1. The quantitative estimate of drug-likeness (QED) is 0.474. The van der Waals surface area contributed by atoms with Crippen molar-refractivity contribution in [3.8, 4) is 17.2 Å². The van der Waals surface area contributed by atoms with Crippen molar-refractivity contribution in [1.82, 2.24) is 14.8 Å². The van der Waals surface area contributed by atoms with Crippen molar-refractivity contribution >= 4 is 23.2 Å². The van der Waals surface area contributed by atoms with Crippen LogP contribution in [-0.2, 0) is 13.2 Å². The van der Waals surface area contributed by atoms with Crippen molar-refractivity contribution < 1.29 is 19.0 Å². The predicted molar refractivity (Wildman–Crippen MR) is 115 cm³/mol. The van der Waals surface area contributed by atoms with E-state index in [1.54, 1.807) is 23.1 Å². The van der Waals surface area contributed by atoms with Crippen molar-refractivity contribution in [2.75, 3.05) is 12.1 Å². The standard InChI is InChI=1S/C22H18N4O4S/c27-21(24-22-23-13-26(25-22)10-15-4-2-1-3-5-15)20-8-16(12-31-20)11-28-17-6-7-18-19(9-17)30-14-29-18/h1-9,12-13H,10-11,14H2,(H,24,25,27). The first-order valence-electron chi connectivity index (χ1n) is 9.57. The molecule has 0 aliphatic carbocycles. The Bertz CT molecular complexity index is 1210. The number of nitrogens with zero attached hydrogens (tertiary/aromatic N) is 3. The molecule has 0 fully saturated rings. The summed E-state index contributed by atoms with van der Waals surface area (Å²) in [6, 6.07) is 17.2. The first-order valence-corrected chi connectivity index (χ1v) is 10.5.